The lowest BCUT2D eigenvalue weighted by molar-refractivity contribution is 0.509. The van der Waals surface area contributed by atoms with Crippen LogP contribution in [-0.4, -0.2) is 31.6 Å². The number of aliphatic imine (C=N–C) groups is 1. The molecule has 0 bridgehead atoms. The van der Waals surface area contributed by atoms with E-state index >= 15 is 0 Å². The fourth-order valence-electron chi connectivity index (χ4n) is 2.53. The first kappa shape index (κ1) is 19.8. The molecule has 23 heavy (non-hydrogen) atoms. The lowest BCUT2D eigenvalue weighted by Crippen LogP contribution is -2.47. The minimum absolute atomic E-state index is 0. The quantitative estimate of drug-likeness (QED) is 0.281. The van der Waals surface area contributed by atoms with Gasteiger partial charge >= 0.3 is 0 Å². The van der Waals surface area contributed by atoms with Crippen LogP contribution in [0.15, 0.2) is 47.5 Å². The molecule has 0 radical (unpaired) electrons. The van der Waals surface area contributed by atoms with Crippen molar-refractivity contribution in [2.24, 2.45) is 10.9 Å². The molecule has 0 heterocycles. The van der Waals surface area contributed by atoms with Gasteiger partial charge in [-0.1, -0.05) is 44.2 Å². The molecule has 1 aromatic carbocycles. The van der Waals surface area contributed by atoms with Gasteiger partial charge in [0.1, 0.15) is 0 Å². The molecule has 1 aromatic rings. The predicted molar refractivity (Wildman–Crippen MR) is 111 cm³/mol. The maximum Gasteiger partial charge on any atom is 0.191 e. The Bertz CT molecular complexity index is 491. The highest BCUT2D eigenvalue weighted by molar-refractivity contribution is 14.0. The second kappa shape index (κ2) is 10.5. The van der Waals surface area contributed by atoms with Crippen LogP contribution in [-0.2, 0) is 0 Å². The Hall–Kier alpha value is -1.24. The van der Waals surface area contributed by atoms with Gasteiger partial charge in [-0.05, 0) is 30.9 Å². The summed E-state index contributed by atoms with van der Waals surface area (Å²) in [6, 6.07) is 11.2. The molecule has 0 saturated carbocycles. The Morgan fingerprint density at radius 3 is 2.39 bits per heavy atom. The van der Waals surface area contributed by atoms with Crippen LogP contribution in [0.4, 0.5) is 5.69 Å². The van der Waals surface area contributed by atoms with Gasteiger partial charge in [0.2, 0.25) is 0 Å². The second-order valence-electron chi connectivity index (χ2n) is 6.10. The summed E-state index contributed by atoms with van der Waals surface area (Å²) in [5.41, 5.74) is 1.16. The van der Waals surface area contributed by atoms with Gasteiger partial charge in [-0.15, -0.1) is 24.0 Å². The zero-order chi connectivity index (χ0) is 15.8. The van der Waals surface area contributed by atoms with Crippen molar-refractivity contribution >= 4 is 35.6 Å². The minimum Gasteiger partial charge on any atom is -0.380 e. The summed E-state index contributed by atoms with van der Waals surface area (Å²) in [6.07, 6.45) is 6.60. The van der Waals surface area contributed by atoms with Crippen molar-refractivity contribution in [2.45, 2.75) is 38.8 Å². The molecule has 4 nitrogen and oxygen atoms in total. The number of hydrogen-bond acceptors (Lipinski definition) is 2. The molecule has 1 atom stereocenters. The zero-order valence-corrected chi connectivity index (χ0v) is 16.6. The first-order valence-corrected chi connectivity index (χ1v) is 8.13. The number of para-hydroxylation sites is 1. The maximum atomic E-state index is 4.33. The molecule has 0 aromatic heterocycles. The van der Waals surface area contributed by atoms with E-state index in [0.717, 1.165) is 31.0 Å². The molecule has 0 spiro atoms. The fourth-order valence-corrected chi connectivity index (χ4v) is 2.53. The van der Waals surface area contributed by atoms with Crippen molar-refractivity contribution in [1.82, 2.24) is 10.6 Å². The fraction of sp³-hybridized carbons (Fsp3) is 0.500. The monoisotopic (exact) mass is 428 g/mol. The molecular formula is C18H29IN4. The number of nitrogens with one attached hydrogen (secondary N) is 3. The van der Waals surface area contributed by atoms with Gasteiger partial charge in [-0.25, -0.2) is 0 Å². The number of rotatable bonds is 6. The number of nitrogens with zero attached hydrogens (tertiary/aromatic N) is 1. The van der Waals surface area contributed by atoms with Gasteiger partial charge in [-0.3, -0.25) is 4.99 Å². The summed E-state index contributed by atoms with van der Waals surface area (Å²) in [5, 5.41) is 10.5. The van der Waals surface area contributed by atoms with E-state index in [9.17, 15) is 0 Å². The van der Waals surface area contributed by atoms with Crippen molar-refractivity contribution in [3.63, 3.8) is 0 Å². The van der Waals surface area contributed by atoms with Crippen LogP contribution in [0.5, 0.6) is 0 Å². The third kappa shape index (κ3) is 6.81. The van der Waals surface area contributed by atoms with E-state index < -0.39 is 0 Å². The Morgan fingerprint density at radius 1 is 1.17 bits per heavy atom. The standard InChI is InChI=1S/C18H28N4.HI/c1-14(2)17(21-15-9-5-4-6-10-15)13-20-18(19-3)22-16-11-7-8-12-16;/h4-10,14,16-17,21H,11-13H2,1-3H3,(H2,19,20,22);1H. The van der Waals surface area contributed by atoms with Crippen LogP contribution < -0.4 is 16.0 Å². The van der Waals surface area contributed by atoms with E-state index in [4.69, 9.17) is 0 Å². The lowest BCUT2D eigenvalue weighted by Gasteiger charge is -2.26. The molecule has 0 saturated heterocycles. The normalized spacial score (nSPS) is 16.1. The van der Waals surface area contributed by atoms with E-state index in [1.807, 2.05) is 13.1 Å². The SMILES string of the molecule is CN=C(NCC(Nc1ccccc1)C(C)C)NC1CC=CC1.I. The Labute approximate surface area is 157 Å². The highest BCUT2D eigenvalue weighted by Gasteiger charge is 2.15. The Balaban J connectivity index is 0.00000264. The van der Waals surface area contributed by atoms with E-state index in [0.29, 0.717) is 18.0 Å². The molecular weight excluding hydrogens is 399 g/mol. The number of hydrogen-bond donors (Lipinski definition) is 3. The average Bonchev–Trinajstić information content (AvgIpc) is 3.03. The van der Waals surface area contributed by atoms with Crippen LogP contribution in [0.2, 0.25) is 0 Å². The van der Waals surface area contributed by atoms with Crippen LogP contribution in [0.3, 0.4) is 0 Å². The van der Waals surface area contributed by atoms with Crippen LogP contribution in [0.25, 0.3) is 0 Å². The molecule has 1 aliphatic carbocycles. The summed E-state index contributed by atoms with van der Waals surface area (Å²) in [7, 11) is 1.83. The van der Waals surface area contributed by atoms with Crippen LogP contribution >= 0.6 is 24.0 Å². The van der Waals surface area contributed by atoms with Gasteiger partial charge < -0.3 is 16.0 Å². The summed E-state index contributed by atoms with van der Waals surface area (Å²) >= 11 is 0. The van der Waals surface area contributed by atoms with Crippen molar-refractivity contribution in [1.29, 1.82) is 0 Å². The molecule has 5 heteroatoms. The smallest absolute Gasteiger partial charge is 0.191 e. The first-order chi connectivity index (χ1) is 10.7. The Kier molecular flexibility index (Phi) is 9.06. The van der Waals surface area contributed by atoms with Gasteiger partial charge in [0, 0.05) is 31.4 Å². The van der Waals surface area contributed by atoms with Crippen molar-refractivity contribution in [3.05, 3.63) is 42.5 Å². The lowest BCUT2D eigenvalue weighted by atomic mass is 10.0. The van der Waals surface area contributed by atoms with E-state index in [1.54, 1.807) is 0 Å². The van der Waals surface area contributed by atoms with E-state index in [2.05, 4.69) is 71.2 Å². The van der Waals surface area contributed by atoms with Crippen molar-refractivity contribution in [2.75, 3.05) is 18.9 Å². The molecule has 2 rings (SSSR count). The van der Waals surface area contributed by atoms with E-state index in [1.165, 1.54) is 0 Å². The molecule has 1 unspecified atom stereocenters. The summed E-state index contributed by atoms with van der Waals surface area (Å²) in [4.78, 5) is 4.33. The third-order valence-corrected chi connectivity index (χ3v) is 3.99. The molecule has 3 N–H and O–H groups in total. The van der Waals surface area contributed by atoms with Crippen molar-refractivity contribution < 1.29 is 0 Å². The first-order valence-electron chi connectivity index (χ1n) is 8.13. The summed E-state index contributed by atoms with van der Waals surface area (Å²) < 4.78 is 0. The Morgan fingerprint density at radius 2 is 1.83 bits per heavy atom. The van der Waals surface area contributed by atoms with Gasteiger partial charge in [-0.2, -0.15) is 0 Å². The van der Waals surface area contributed by atoms with Gasteiger partial charge in [0.05, 0.1) is 0 Å². The number of guanidine groups is 1. The molecule has 0 aliphatic heterocycles. The predicted octanol–water partition coefficient (Wildman–Crippen LogP) is 3.62. The van der Waals surface area contributed by atoms with E-state index in [-0.39, 0.29) is 24.0 Å². The number of anilines is 1. The zero-order valence-electron chi connectivity index (χ0n) is 14.3. The minimum atomic E-state index is 0. The van der Waals surface area contributed by atoms with Crippen LogP contribution in [0, 0.1) is 5.92 Å². The largest absolute Gasteiger partial charge is 0.380 e. The molecule has 0 fully saturated rings. The highest BCUT2D eigenvalue weighted by Crippen LogP contribution is 2.12. The number of halogens is 1. The average molecular weight is 428 g/mol. The molecule has 128 valence electrons. The van der Waals surface area contributed by atoms with Gasteiger partial charge in [0.25, 0.3) is 0 Å². The second-order valence-corrected chi connectivity index (χ2v) is 6.10. The topological polar surface area (TPSA) is 48.5 Å². The summed E-state index contributed by atoms with van der Waals surface area (Å²) in [6.45, 7) is 5.31. The van der Waals surface area contributed by atoms with Crippen LogP contribution in [0.1, 0.15) is 26.7 Å². The molecule has 1 aliphatic rings. The highest BCUT2D eigenvalue weighted by atomic mass is 127. The molecule has 0 amide bonds. The maximum absolute atomic E-state index is 4.33. The third-order valence-electron chi connectivity index (χ3n) is 3.99. The number of benzene rings is 1. The van der Waals surface area contributed by atoms with Gasteiger partial charge in [0.15, 0.2) is 5.96 Å². The summed E-state index contributed by atoms with van der Waals surface area (Å²) in [5.74, 6) is 1.41. The van der Waals surface area contributed by atoms with Crippen molar-refractivity contribution in [3.8, 4) is 0 Å².